The summed E-state index contributed by atoms with van der Waals surface area (Å²) in [7, 11) is 1.52. The molecule has 0 aliphatic rings. The summed E-state index contributed by atoms with van der Waals surface area (Å²) in [4.78, 5) is 13.3. The molecule has 4 atom stereocenters. The molecule has 5 N–H and O–H groups in total. The highest BCUT2D eigenvalue weighted by Gasteiger charge is 2.31. The second-order valence-electron chi connectivity index (χ2n) is 6.44. The maximum Gasteiger partial charge on any atom is 0.222 e. The summed E-state index contributed by atoms with van der Waals surface area (Å²) < 4.78 is 0. The second-order valence-corrected chi connectivity index (χ2v) is 6.44. The van der Waals surface area contributed by atoms with Gasteiger partial charge in [0.1, 0.15) is 24.4 Å². The van der Waals surface area contributed by atoms with Gasteiger partial charge in [0.25, 0.3) is 0 Å². The SMILES string of the molecule is CCCCCCCCCC(=O)N(C)C[C@@H](O)[C@@H](O)[C@H](O)[C@H](O)CO. The van der Waals surface area contributed by atoms with Gasteiger partial charge in [-0.2, -0.15) is 0 Å². The van der Waals surface area contributed by atoms with E-state index >= 15 is 0 Å². The van der Waals surface area contributed by atoms with Gasteiger partial charge >= 0.3 is 0 Å². The van der Waals surface area contributed by atoms with Crippen molar-refractivity contribution >= 4 is 5.91 Å². The van der Waals surface area contributed by atoms with Crippen molar-refractivity contribution in [2.45, 2.75) is 82.7 Å². The first kappa shape index (κ1) is 23.3. The molecule has 0 heterocycles. The molecule has 0 fully saturated rings. The lowest BCUT2D eigenvalue weighted by Gasteiger charge is -2.28. The van der Waals surface area contributed by atoms with Crippen LogP contribution in [-0.4, -0.2) is 81.0 Å². The zero-order valence-electron chi connectivity index (χ0n) is 15.0. The number of unbranched alkanes of at least 4 members (excludes halogenated alkanes) is 6. The van der Waals surface area contributed by atoms with Gasteiger partial charge in [-0.05, 0) is 6.42 Å². The van der Waals surface area contributed by atoms with Crippen LogP contribution in [0.15, 0.2) is 0 Å². The molecule has 0 aliphatic carbocycles. The number of hydrogen-bond donors (Lipinski definition) is 5. The summed E-state index contributed by atoms with van der Waals surface area (Å²) in [6, 6.07) is 0. The Bertz CT molecular complexity index is 328. The quantitative estimate of drug-likeness (QED) is 0.282. The van der Waals surface area contributed by atoms with Gasteiger partial charge in [-0.15, -0.1) is 0 Å². The van der Waals surface area contributed by atoms with Crippen molar-refractivity contribution < 1.29 is 30.3 Å². The zero-order chi connectivity index (χ0) is 18.5. The Hall–Kier alpha value is -0.730. The normalized spacial score (nSPS) is 16.5. The maximum absolute atomic E-state index is 12.0. The molecule has 0 saturated heterocycles. The van der Waals surface area contributed by atoms with Crippen LogP contribution in [0.1, 0.15) is 58.3 Å². The van der Waals surface area contributed by atoms with E-state index in [2.05, 4.69) is 6.92 Å². The Labute approximate surface area is 144 Å². The molecule has 0 spiro atoms. The van der Waals surface area contributed by atoms with E-state index in [4.69, 9.17) is 5.11 Å². The van der Waals surface area contributed by atoms with Crippen molar-refractivity contribution in [2.75, 3.05) is 20.2 Å². The number of likely N-dealkylation sites (N-methyl/N-ethyl adjacent to an activating group) is 1. The Morgan fingerprint density at radius 1 is 0.875 bits per heavy atom. The first-order valence-electron chi connectivity index (χ1n) is 8.92. The number of carbonyl (C=O) groups excluding carboxylic acids is 1. The fraction of sp³-hybridized carbons (Fsp3) is 0.941. The Morgan fingerprint density at radius 2 is 1.38 bits per heavy atom. The number of hydrogen-bond acceptors (Lipinski definition) is 6. The second kappa shape index (κ2) is 13.5. The summed E-state index contributed by atoms with van der Waals surface area (Å²) in [6.45, 7) is 1.30. The monoisotopic (exact) mass is 349 g/mol. The number of nitrogens with zero attached hydrogens (tertiary/aromatic N) is 1. The first-order chi connectivity index (χ1) is 11.3. The van der Waals surface area contributed by atoms with Gasteiger partial charge in [-0.25, -0.2) is 0 Å². The third-order valence-electron chi connectivity index (χ3n) is 4.21. The van der Waals surface area contributed by atoms with E-state index in [1.807, 2.05) is 0 Å². The minimum Gasteiger partial charge on any atom is -0.394 e. The lowest BCUT2D eigenvalue weighted by atomic mass is 10.0. The summed E-state index contributed by atoms with van der Waals surface area (Å²) >= 11 is 0. The van der Waals surface area contributed by atoms with Crippen LogP contribution >= 0.6 is 0 Å². The van der Waals surface area contributed by atoms with Crippen molar-refractivity contribution in [1.29, 1.82) is 0 Å². The number of aliphatic hydroxyl groups is 5. The van der Waals surface area contributed by atoms with E-state index in [1.54, 1.807) is 0 Å². The minimum atomic E-state index is -1.67. The van der Waals surface area contributed by atoms with Crippen LogP contribution in [0.3, 0.4) is 0 Å². The summed E-state index contributed by atoms with van der Waals surface area (Å²) in [5.41, 5.74) is 0. The zero-order valence-corrected chi connectivity index (χ0v) is 15.0. The van der Waals surface area contributed by atoms with Crippen LogP contribution in [0, 0.1) is 0 Å². The Balaban J connectivity index is 3.99. The van der Waals surface area contributed by atoms with Gasteiger partial charge in [-0.3, -0.25) is 4.79 Å². The average Bonchev–Trinajstić information content (AvgIpc) is 2.58. The molecule has 144 valence electrons. The van der Waals surface area contributed by atoms with Gasteiger partial charge in [0.05, 0.1) is 6.61 Å². The van der Waals surface area contributed by atoms with Crippen molar-refractivity contribution in [3.8, 4) is 0 Å². The van der Waals surface area contributed by atoms with Crippen molar-refractivity contribution in [3.63, 3.8) is 0 Å². The van der Waals surface area contributed by atoms with Gasteiger partial charge < -0.3 is 30.4 Å². The van der Waals surface area contributed by atoms with E-state index in [9.17, 15) is 25.2 Å². The third-order valence-corrected chi connectivity index (χ3v) is 4.21. The van der Waals surface area contributed by atoms with Crippen molar-refractivity contribution in [1.82, 2.24) is 4.90 Å². The van der Waals surface area contributed by atoms with E-state index < -0.39 is 31.0 Å². The van der Waals surface area contributed by atoms with Crippen molar-refractivity contribution in [2.24, 2.45) is 0 Å². The van der Waals surface area contributed by atoms with E-state index in [1.165, 1.54) is 37.6 Å². The summed E-state index contributed by atoms with van der Waals surface area (Å²) in [5, 5.41) is 47.1. The standard InChI is InChI=1S/C17H35NO6/c1-3-4-5-6-7-8-9-10-15(22)18(2)11-13(20)16(23)17(24)14(21)12-19/h13-14,16-17,19-21,23-24H,3-12H2,1-2H3/t13-,14-,16-,17-/m1/s1. The highest BCUT2D eigenvalue weighted by atomic mass is 16.4. The molecule has 0 radical (unpaired) electrons. The van der Waals surface area contributed by atoms with E-state index in [0.717, 1.165) is 19.3 Å². The van der Waals surface area contributed by atoms with Crippen LogP contribution < -0.4 is 0 Å². The molecule has 0 aromatic rings. The molecule has 24 heavy (non-hydrogen) atoms. The van der Waals surface area contributed by atoms with Crippen LogP contribution in [0.5, 0.6) is 0 Å². The van der Waals surface area contributed by atoms with Crippen LogP contribution in [0.2, 0.25) is 0 Å². The molecular formula is C17H35NO6. The van der Waals surface area contributed by atoms with Gasteiger partial charge in [0.15, 0.2) is 0 Å². The molecular weight excluding hydrogens is 314 g/mol. The average molecular weight is 349 g/mol. The van der Waals surface area contributed by atoms with Crippen LogP contribution in [-0.2, 0) is 4.79 Å². The van der Waals surface area contributed by atoms with E-state index in [-0.39, 0.29) is 12.5 Å². The highest BCUT2D eigenvalue weighted by molar-refractivity contribution is 5.75. The lowest BCUT2D eigenvalue weighted by molar-refractivity contribution is -0.138. The molecule has 7 heteroatoms. The highest BCUT2D eigenvalue weighted by Crippen LogP contribution is 2.10. The number of carbonyl (C=O) groups is 1. The van der Waals surface area contributed by atoms with Gasteiger partial charge in [-0.1, -0.05) is 45.4 Å². The van der Waals surface area contributed by atoms with Crippen LogP contribution in [0.4, 0.5) is 0 Å². The summed E-state index contributed by atoms with van der Waals surface area (Å²) in [6.07, 6.45) is 1.92. The molecule has 1 amide bonds. The minimum absolute atomic E-state index is 0.132. The molecule has 0 bridgehead atoms. The summed E-state index contributed by atoms with van der Waals surface area (Å²) in [5.74, 6) is -0.132. The maximum atomic E-state index is 12.0. The Morgan fingerprint density at radius 3 is 1.92 bits per heavy atom. The van der Waals surface area contributed by atoms with Crippen molar-refractivity contribution in [3.05, 3.63) is 0 Å². The molecule has 0 saturated carbocycles. The largest absolute Gasteiger partial charge is 0.394 e. The van der Waals surface area contributed by atoms with Crippen LogP contribution in [0.25, 0.3) is 0 Å². The third kappa shape index (κ3) is 9.54. The Kier molecular flexibility index (Phi) is 13.1. The lowest BCUT2D eigenvalue weighted by Crippen LogP contribution is -2.49. The topological polar surface area (TPSA) is 121 Å². The predicted molar refractivity (Wildman–Crippen MR) is 91.4 cm³/mol. The number of amides is 1. The van der Waals surface area contributed by atoms with Gasteiger partial charge in [0.2, 0.25) is 5.91 Å². The fourth-order valence-corrected chi connectivity index (χ4v) is 2.48. The predicted octanol–water partition coefficient (Wildman–Crippen LogP) is 0.0214. The van der Waals surface area contributed by atoms with Gasteiger partial charge in [0, 0.05) is 20.0 Å². The molecule has 0 aliphatic heterocycles. The number of rotatable bonds is 14. The number of aliphatic hydroxyl groups excluding tert-OH is 5. The molecule has 0 unspecified atom stereocenters. The molecule has 7 nitrogen and oxygen atoms in total. The first-order valence-corrected chi connectivity index (χ1v) is 8.92. The smallest absolute Gasteiger partial charge is 0.222 e. The fourth-order valence-electron chi connectivity index (χ4n) is 2.48. The van der Waals surface area contributed by atoms with E-state index in [0.29, 0.717) is 6.42 Å². The molecule has 0 aromatic carbocycles. The molecule has 0 aromatic heterocycles. The molecule has 0 rings (SSSR count).